The summed E-state index contributed by atoms with van der Waals surface area (Å²) in [7, 11) is 1.78. The van der Waals surface area contributed by atoms with Gasteiger partial charge in [0, 0.05) is 23.8 Å². The number of anilines is 1. The third kappa shape index (κ3) is 1.06. The molecule has 0 bridgehead atoms. The van der Waals surface area contributed by atoms with Gasteiger partial charge in [-0.15, -0.1) is 0 Å². The summed E-state index contributed by atoms with van der Waals surface area (Å²) in [6.45, 7) is 1.88. The van der Waals surface area contributed by atoms with Gasteiger partial charge in [0.1, 0.15) is 5.52 Å². The largest absolute Gasteiger partial charge is 0.399 e. The summed E-state index contributed by atoms with van der Waals surface area (Å²) in [5, 5.41) is 4.82. The minimum Gasteiger partial charge on any atom is -0.399 e. The van der Waals surface area contributed by atoms with Crippen molar-refractivity contribution in [1.82, 2.24) is 9.78 Å². The molecule has 0 amide bonds. The lowest BCUT2D eigenvalue weighted by Crippen LogP contribution is -1.91. The lowest BCUT2D eigenvalue weighted by atomic mass is 10.2. The molecule has 1 heterocycles. The molecule has 1 aromatic carbocycles. The highest BCUT2D eigenvalue weighted by Gasteiger charge is 2.09. The van der Waals surface area contributed by atoms with Crippen LogP contribution in [0.1, 0.15) is 5.69 Å². The molecule has 0 radical (unpaired) electrons. The number of halogens is 1. The number of aromatic nitrogens is 2. The molecule has 2 aromatic rings. The molecule has 13 heavy (non-hydrogen) atoms. The minimum atomic E-state index is -0.362. The second-order valence-electron chi connectivity index (χ2n) is 3.11. The average Bonchev–Trinajstić information content (AvgIpc) is 2.32. The van der Waals surface area contributed by atoms with Crippen molar-refractivity contribution in [3.05, 3.63) is 23.6 Å². The number of rotatable bonds is 0. The Bertz CT molecular complexity index is 473. The minimum absolute atomic E-state index is 0.362. The monoisotopic (exact) mass is 179 g/mol. The van der Waals surface area contributed by atoms with E-state index in [0.717, 1.165) is 11.1 Å². The van der Waals surface area contributed by atoms with Crippen molar-refractivity contribution < 1.29 is 4.39 Å². The number of fused-ring (bicyclic) bond motifs is 1. The molecule has 3 nitrogen and oxygen atoms in total. The number of nitrogen functional groups attached to an aromatic ring is 1. The second-order valence-corrected chi connectivity index (χ2v) is 3.11. The van der Waals surface area contributed by atoms with Gasteiger partial charge in [-0.3, -0.25) is 4.68 Å². The molecule has 0 fully saturated rings. The van der Waals surface area contributed by atoms with Crippen LogP contribution in [0.3, 0.4) is 0 Å². The Morgan fingerprint density at radius 1 is 1.46 bits per heavy atom. The van der Waals surface area contributed by atoms with Crippen molar-refractivity contribution in [2.45, 2.75) is 6.92 Å². The maximum absolute atomic E-state index is 13.3. The van der Waals surface area contributed by atoms with Crippen LogP contribution in [-0.2, 0) is 7.05 Å². The van der Waals surface area contributed by atoms with Crippen molar-refractivity contribution >= 4 is 16.6 Å². The lowest BCUT2D eigenvalue weighted by Gasteiger charge is -1.95. The van der Waals surface area contributed by atoms with Crippen LogP contribution in [0.5, 0.6) is 0 Å². The molecule has 0 aliphatic rings. The van der Waals surface area contributed by atoms with Crippen LogP contribution in [0.2, 0.25) is 0 Å². The van der Waals surface area contributed by atoms with Crippen molar-refractivity contribution in [3.8, 4) is 0 Å². The summed E-state index contributed by atoms with van der Waals surface area (Å²) in [5.41, 5.74) is 7.26. The van der Waals surface area contributed by atoms with E-state index in [1.807, 2.05) is 6.92 Å². The summed E-state index contributed by atoms with van der Waals surface area (Å²) in [5.74, 6) is -0.362. The van der Waals surface area contributed by atoms with Crippen LogP contribution >= 0.6 is 0 Å². The Kier molecular flexibility index (Phi) is 1.52. The fourth-order valence-corrected chi connectivity index (χ4v) is 1.40. The SMILES string of the molecule is Cc1c2cc(N)cc(F)c2nn1C. The van der Waals surface area contributed by atoms with Crippen LogP contribution in [0.4, 0.5) is 10.1 Å². The van der Waals surface area contributed by atoms with E-state index in [2.05, 4.69) is 5.10 Å². The van der Waals surface area contributed by atoms with Gasteiger partial charge in [0.15, 0.2) is 5.82 Å². The van der Waals surface area contributed by atoms with Gasteiger partial charge in [0.2, 0.25) is 0 Å². The molecule has 0 saturated heterocycles. The highest BCUT2D eigenvalue weighted by atomic mass is 19.1. The van der Waals surface area contributed by atoms with Gasteiger partial charge in [-0.1, -0.05) is 0 Å². The summed E-state index contributed by atoms with van der Waals surface area (Å²) in [4.78, 5) is 0. The van der Waals surface area contributed by atoms with Crippen LogP contribution in [0.15, 0.2) is 12.1 Å². The number of benzene rings is 1. The van der Waals surface area contributed by atoms with Crippen LogP contribution in [-0.4, -0.2) is 9.78 Å². The molecular formula is C9H10FN3. The summed E-state index contributed by atoms with van der Waals surface area (Å²) >= 11 is 0. The van der Waals surface area contributed by atoms with Crippen LogP contribution in [0, 0.1) is 12.7 Å². The third-order valence-electron chi connectivity index (χ3n) is 2.21. The first-order valence-electron chi connectivity index (χ1n) is 3.98. The first kappa shape index (κ1) is 8.04. The van der Waals surface area contributed by atoms with E-state index in [1.165, 1.54) is 6.07 Å². The first-order valence-corrected chi connectivity index (χ1v) is 3.98. The summed E-state index contributed by atoms with van der Waals surface area (Å²) in [6, 6.07) is 3.02. The topological polar surface area (TPSA) is 43.8 Å². The van der Waals surface area contributed by atoms with E-state index in [9.17, 15) is 4.39 Å². The molecule has 2 N–H and O–H groups in total. The maximum atomic E-state index is 13.3. The zero-order chi connectivity index (χ0) is 9.59. The molecule has 68 valence electrons. The van der Waals surface area contributed by atoms with Gasteiger partial charge < -0.3 is 5.73 Å². The van der Waals surface area contributed by atoms with E-state index in [0.29, 0.717) is 11.2 Å². The third-order valence-corrected chi connectivity index (χ3v) is 2.21. The zero-order valence-corrected chi connectivity index (χ0v) is 7.50. The fourth-order valence-electron chi connectivity index (χ4n) is 1.40. The molecule has 2 rings (SSSR count). The first-order chi connectivity index (χ1) is 6.09. The fraction of sp³-hybridized carbons (Fsp3) is 0.222. The van der Waals surface area contributed by atoms with Crippen LogP contribution < -0.4 is 5.73 Å². The standard InChI is InChI=1S/C9H10FN3/c1-5-7-3-6(11)4-8(10)9(7)12-13(5)2/h3-4H,11H2,1-2H3. The van der Waals surface area contributed by atoms with E-state index in [-0.39, 0.29) is 5.82 Å². The molecule has 0 spiro atoms. The van der Waals surface area contributed by atoms with Crippen molar-refractivity contribution in [3.63, 3.8) is 0 Å². The zero-order valence-electron chi connectivity index (χ0n) is 7.50. The van der Waals surface area contributed by atoms with Crippen molar-refractivity contribution in [2.75, 3.05) is 5.73 Å². The Morgan fingerprint density at radius 3 is 2.85 bits per heavy atom. The maximum Gasteiger partial charge on any atom is 0.153 e. The van der Waals surface area contributed by atoms with E-state index in [4.69, 9.17) is 5.73 Å². The Labute approximate surface area is 75.0 Å². The normalized spacial score (nSPS) is 11.0. The molecule has 0 aliphatic heterocycles. The summed E-state index contributed by atoms with van der Waals surface area (Å²) in [6.07, 6.45) is 0. The quantitative estimate of drug-likeness (QED) is 0.624. The highest BCUT2D eigenvalue weighted by molar-refractivity contribution is 5.85. The van der Waals surface area contributed by atoms with Gasteiger partial charge in [-0.25, -0.2) is 4.39 Å². The van der Waals surface area contributed by atoms with Crippen molar-refractivity contribution in [2.24, 2.45) is 7.05 Å². The molecular weight excluding hydrogens is 169 g/mol. The molecule has 0 atom stereocenters. The second kappa shape index (κ2) is 2.45. The lowest BCUT2D eigenvalue weighted by molar-refractivity contribution is 0.632. The van der Waals surface area contributed by atoms with Gasteiger partial charge in [-0.2, -0.15) is 5.10 Å². The molecule has 1 aromatic heterocycles. The Balaban J connectivity index is 2.94. The predicted molar refractivity (Wildman–Crippen MR) is 49.8 cm³/mol. The predicted octanol–water partition coefficient (Wildman–Crippen LogP) is 1.60. The van der Waals surface area contributed by atoms with Gasteiger partial charge in [-0.05, 0) is 19.1 Å². The number of nitrogens with two attached hydrogens (primary N) is 1. The number of hydrogen-bond donors (Lipinski definition) is 1. The molecule has 0 aliphatic carbocycles. The van der Waals surface area contributed by atoms with E-state index in [1.54, 1.807) is 17.8 Å². The van der Waals surface area contributed by atoms with E-state index < -0.39 is 0 Å². The molecule has 0 saturated carbocycles. The number of aryl methyl sites for hydroxylation is 2. The van der Waals surface area contributed by atoms with E-state index >= 15 is 0 Å². The average molecular weight is 179 g/mol. The number of hydrogen-bond acceptors (Lipinski definition) is 2. The highest BCUT2D eigenvalue weighted by Crippen LogP contribution is 2.22. The van der Waals surface area contributed by atoms with Crippen molar-refractivity contribution in [1.29, 1.82) is 0 Å². The van der Waals surface area contributed by atoms with Gasteiger partial charge >= 0.3 is 0 Å². The van der Waals surface area contributed by atoms with Crippen LogP contribution in [0.25, 0.3) is 10.9 Å². The molecule has 4 heteroatoms. The van der Waals surface area contributed by atoms with Gasteiger partial charge in [0.05, 0.1) is 0 Å². The number of nitrogens with zero attached hydrogens (tertiary/aromatic N) is 2. The molecule has 0 unspecified atom stereocenters. The Hall–Kier alpha value is -1.58. The summed E-state index contributed by atoms with van der Waals surface area (Å²) < 4.78 is 14.9. The Morgan fingerprint density at radius 2 is 2.15 bits per heavy atom. The van der Waals surface area contributed by atoms with Gasteiger partial charge in [0.25, 0.3) is 0 Å². The smallest absolute Gasteiger partial charge is 0.153 e.